The molecule has 1 fully saturated rings. The zero-order chi connectivity index (χ0) is 18.2. The summed E-state index contributed by atoms with van der Waals surface area (Å²) in [6.07, 6.45) is 5.62. The maximum atomic E-state index is 5.93. The highest BCUT2D eigenvalue weighted by Crippen LogP contribution is 2.25. The molecule has 0 amide bonds. The van der Waals surface area contributed by atoms with Crippen LogP contribution in [0.25, 0.3) is 0 Å². The Balaban J connectivity index is 1.53. The Kier molecular flexibility index (Phi) is 6.30. The lowest BCUT2D eigenvalue weighted by Gasteiger charge is -2.25. The maximum Gasteiger partial charge on any atom is 0.219 e. The molecule has 0 unspecified atom stereocenters. The van der Waals surface area contributed by atoms with Gasteiger partial charge in [0, 0.05) is 18.8 Å². The fourth-order valence-electron chi connectivity index (χ4n) is 2.67. The lowest BCUT2D eigenvalue weighted by atomic mass is 9.85. The number of benzene rings is 1. The number of hydrogen-bond acceptors (Lipinski definition) is 4. The number of pyridine rings is 1. The average molecular weight is 354 g/mol. The van der Waals surface area contributed by atoms with E-state index >= 15 is 0 Å². The van der Waals surface area contributed by atoms with Crippen LogP contribution >= 0.6 is 0 Å². The lowest BCUT2D eigenvalue weighted by molar-refractivity contribution is 0.315. The summed E-state index contributed by atoms with van der Waals surface area (Å²) in [4.78, 5) is 8.64. The lowest BCUT2D eigenvalue weighted by Crippen LogP contribution is -2.37. The normalized spacial score (nSPS) is 14.6. The number of hydrogen-bond donors (Lipinski definition) is 2. The standard InChI is InChI=1S/C20H26N4O2/c1-2-25-17-6-8-18(9-7-17)26-19-12-16(10-11-22-19)14-24-20(21)23-13-15-4-3-5-15/h6-12,15H,2-5,13-14H2,1H3,(H3,21,23,24). The predicted octanol–water partition coefficient (Wildman–Crippen LogP) is 3.48. The fourth-order valence-corrected chi connectivity index (χ4v) is 2.67. The minimum Gasteiger partial charge on any atom is -0.494 e. The fraction of sp³-hybridized carbons (Fsp3) is 0.400. The second-order valence-electron chi connectivity index (χ2n) is 6.39. The summed E-state index contributed by atoms with van der Waals surface area (Å²) in [6.45, 7) is 4.00. The van der Waals surface area contributed by atoms with Crippen molar-refractivity contribution in [3.8, 4) is 17.4 Å². The van der Waals surface area contributed by atoms with Gasteiger partial charge in [-0.05, 0) is 61.6 Å². The smallest absolute Gasteiger partial charge is 0.219 e. The third-order valence-corrected chi connectivity index (χ3v) is 4.38. The van der Waals surface area contributed by atoms with Gasteiger partial charge in [0.25, 0.3) is 0 Å². The number of rotatable bonds is 8. The van der Waals surface area contributed by atoms with Crippen LogP contribution in [0, 0.1) is 5.92 Å². The number of nitrogens with one attached hydrogen (secondary N) is 1. The largest absolute Gasteiger partial charge is 0.494 e. The molecule has 0 radical (unpaired) electrons. The third kappa shape index (κ3) is 5.37. The molecule has 2 aromatic rings. The molecule has 0 saturated heterocycles. The Morgan fingerprint density at radius 3 is 2.69 bits per heavy atom. The molecule has 0 bridgehead atoms. The van der Waals surface area contributed by atoms with Gasteiger partial charge in [0.1, 0.15) is 11.5 Å². The van der Waals surface area contributed by atoms with E-state index in [-0.39, 0.29) is 0 Å². The molecule has 1 aliphatic rings. The van der Waals surface area contributed by atoms with Crippen molar-refractivity contribution in [2.24, 2.45) is 16.6 Å². The van der Waals surface area contributed by atoms with Crippen molar-refractivity contribution in [2.75, 3.05) is 13.2 Å². The Labute approximate surface area is 154 Å². The minimum atomic E-state index is 0.489. The first kappa shape index (κ1) is 18.0. The summed E-state index contributed by atoms with van der Waals surface area (Å²) in [5, 5.41) is 3.19. The molecular weight excluding hydrogens is 328 g/mol. The molecule has 1 saturated carbocycles. The number of guanidine groups is 1. The second-order valence-corrected chi connectivity index (χ2v) is 6.39. The molecule has 1 aromatic carbocycles. The molecule has 1 aliphatic carbocycles. The van der Waals surface area contributed by atoms with E-state index in [0.29, 0.717) is 30.7 Å². The topological polar surface area (TPSA) is 81.8 Å². The zero-order valence-electron chi connectivity index (χ0n) is 15.1. The van der Waals surface area contributed by atoms with Crippen LogP contribution in [-0.2, 0) is 6.54 Å². The van der Waals surface area contributed by atoms with Crippen LogP contribution in [0.4, 0.5) is 0 Å². The number of aliphatic imine (C=N–C) groups is 1. The number of ether oxygens (including phenoxy) is 2. The van der Waals surface area contributed by atoms with E-state index in [1.54, 1.807) is 6.20 Å². The maximum absolute atomic E-state index is 5.93. The summed E-state index contributed by atoms with van der Waals surface area (Å²) >= 11 is 0. The highest BCUT2D eigenvalue weighted by molar-refractivity contribution is 5.77. The number of nitrogens with two attached hydrogens (primary N) is 1. The van der Waals surface area contributed by atoms with Crippen LogP contribution in [0.15, 0.2) is 47.6 Å². The average Bonchev–Trinajstić information content (AvgIpc) is 2.61. The molecule has 1 heterocycles. The number of nitrogens with zero attached hydrogens (tertiary/aromatic N) is 2. The number of aromatic nitrogens is 1. The second kappa shape index (κ2) is 9.08. The molecular formula is C20H26N4O2. The van der Waals surface area contributed by atoms with Crippen LogP contribution in [-0.4, -0.2) is 24.1 Å². The summed E-state index contributed by atoms with van der Waals surface area (Å²) in [5.41, 5.74) is 6.92. The molecule has 26 heavy (non-hydrogen) atoms. The molecule has 138 valence electrons. The quantitative estimate of drug-likeness (QED) is 0.560. The van der Waals surface area contributed by atoms with E-state index in [9.17, 15) is 0 Å². The summed E-state index contributed by atoms with van der Waals surface area (Å²) in [7, 11) is 0. The van der Waals surface area contributed by atoms with Gasteiger partial charge < -0.3 is 20.5 Å². The van der Waals surface area contributed by atoms with E-state index in [0.717, 1.165) is 23.8 Å². The van der Waals surface area contributed by atoms with Crippen molar-refractivity contribution >= 4 is 5.96 Å². The minimum absolute atomic E-state index is 0.489. The zero-order valence-corrected chi connectivity index (χ0v) is 15.1. The van der Waals surface area contributed by atoms with Crippen LogP contribution in [0.5, 0.6) is 17.4 Å². The van der Waals surface area contributed by atoms with Crippen LogP contribution in [0.1, 0.15) is 31.7 Å². The van der Waals surface area contributed by atoms with Gasteiger partial charge in [-0.3, -0.25) is 0 Å². The van der Waals surface area contributed by atoms with E-state index < -0.39 is 0 Å². The van der Waals surface area contributed by atoms with Gasteiger partial charge in [0.15, 0.2) is 5.96 Å². The van der Waals surface area contributed by atoms with E-state index in [2.05, 4.69) is 15.3 Å². The molecule has 6 heteroatoms. The molecule has 0 aliphatic heterocycles. The molecule has 1 aromatic heterocycles. The van der Waals surface area contributed by atoms with Crippen molar-refractivity contribution in [3.05, 3.63) is 48.2 Å². The van der Waals surface area contributed by atoms with E-state index in [1.165, 1.54) is 19.3 Å². The molecule has 0 spiro atoms. The van der Waals surface area contributed by atoms with Crippen molar-refractivity contribution < 1.29 is 9.47 Å². The third-order valence-electron chi connectivity index (χ3n) is 4.38. The molecule has 0 atom stereocenters. The van der Waals surface area contributed by atoms with Crippen molar-refractivity contribution in [3.63, 3.8) is 0 Å². The molecule has 3 rings (SSSR count). The highest BCUT2D eigenvalue weighted by atomic mass is 16.5. The molecule has 3 N–H and O–H groups in total. The monoisotopic (exact) mass is 354 g/mol. The first-order valence-corrected chi connectivity index (χ1v) is 9.12. The van der Waals surface area contributed by atoms with Gasteiger partial charge in [-0.2, -0.15) is 0 Å². The van der Waals surface area contributed by atoms with Crippen molar-refractivity contribution in [1.82, 2.24) is 10.3 Å². The summed E-state index contributed by atoms with van der Waals surface area (Å²) < 4.78 is 11.2. The van der Waals surface area contributed by atoms with E-state index in [4.69, 9.17) is 15.2 Å². The van der Waals surface area contributed by atoms with Gasteiger partial charge >= 0.3 is 0 Å². The van der Waals surface area contributed by atoms with Gasteiger partial charge in [-0.1, -0.05) is 6.42 Å². The highest BCUT2D eigenvalue weighted by Gasteiger charge is 2.16. The van der Waals surface area contributed by atoms with Crippen LogP contribution < -0.4 is 20.5 Å². The Morgan fingerprint density at radius 2 is 2.00 bits per heavy atom. The SMILES string of the molecule is CCOc1ccc(Oc2cc(CN=C(N)NCC3CCC3)ccn2)cc1. The summed E-state index contributed by atoms with van der Waals surface area (Å²) in [6, 6.07) is 11.3. The van der Waals surface area contributed by atoms with Crippen molar-refractivity contribution in [1.29, 1.82) is 0 Å². The van der Waals surface area contributed by atoms with E-state index in [1.807, 2.05) is 43.3 Å². The van der Waals surface area contributed by atoms with Crippen LogP contribution in [0.2, 0.25) is 0 Å². The van der Waals surface area contributed by atoms with Gasteiger partial charge in [-0.25, -0.2) is 9.98 Å². The summed E-state index contributed by atoms with van der Waals surface area (Å²) in [5.74, 6) is 3.30. The van der Waals surface area contributed by atoms with Gasteiger partial charge in [0.2, 0.25) is 5.88 Å². The first-order valence-electron chi connectivity index (χ1n) is 9.12. The van der Waals surface area contributed by atoms with Crippen LogP contribution in [0.3, 0.4) is 0 Å². The Bertz CT molecular complexity index is 727. The van der Waals surface area contributed by atoms with Gasteiger partial charge in [-0.15, -0.1) is 0 Å². The van der Waals surface area contributed by atoms with Crippen molar-refractivity contribution in [2.45, 2.75) is 32.7 Å². The first-order chi connectivity index (χ1) is 12.7. The Morgan fingerprint density at radius 1 is 1.23 bits per heavy atom. The van der Waals surface area contributed by atoms with Gasteiger partial charge in [0.05, 0.1) is 13.2 Å². The Hall–Kier alpha value is -2.76. The predicted molar refractivity (Wildman–Crippen MR) is 103 cm³/mol. The molecule has 6 nitrogen and oxygen atoms in total.